The summed E-state index contributed by atoms with van der Waals surface area (Å²) in [4.78, 5) is 28.1. The largest absolute Gasteiger partial charge is 0.323 e. The number of carbonyl (C=O) groups excluding carboxylic acids is 1. The normalized spacial score (nSPS) is 10.9. The summed E-state index contributed by atoms with van der Waals surface area (Å²) in [6.45, 7) is 5.14. The van der Waals surface area contributed by atoms with Crippen LogP contribution >= 0.6 is 23.6 Å². The summed E-state index contributed by atoms with van der Waals surface area (Å²) in [5, 5.41) is 0.561. The highest BCUT2D eigenvalue weighted by Gasteiger charge is 2.14. The van der Waals surface area contributed by atoms with E-state index in [0.29, 0.717) is 5.39 Å². The second-order valence-electron chi connectivity index (χ2n) is 3.58. The van der Waals surface area contributed by atoms with Crippen LogP contribution in [-0.4, -0.2) is 15.5 Å². The van der Waals surface area contributed by atoms with Crippen LogP contribution in [0, 0.1) is 18.6 Å². The van der Waals surface area contributed by atoms with Gasteiger partial charge in [0.15, 0.2) is 4.77 Å². The van der Waals surface area contributed by atoms with Crippen molar-refractivity contribution in [2.75, 3.05) is 0 Å². The van der Waals surface area contributed by atoms with E-state index in [0.717, 1.165) is 19.8 Å². The summed E-state index contributed by atoms with van der Waals surface area (Å²) < 4.78 is 1.16. The van der Waals surface area contributed by atoms with Crippen LogP contribution in [0.15, 0.2) is 4.79 Å². The molecule has 1 N–H and O–H groups in total. The Kier molecular flexibility index (Phi) is 2.55. The van der Waals surface area contributed by atoms with Crippen LogP contribution in [0.25, 0.3) is 10.2 Å². The zero-order valence-corrected chi connectivity index (χ0v) is 10.7. The second-order valence-corrected chi connectivity index (χ2v) is 5.19. The van der Waals surface area contributed by atoms with Crippen molar-refractivity contribution in [3.8, 4) is 0 Å². The molecule has 0 aliphatic carbocycles. The Morgan fingerprint density at radius 2 is 2.06 bits per heavy atom. The molecule has 2 heterocycles. The molecule has 0 radical (unpaired) electrons. The van der Waals surface area contributed by atoms with Crippen molar-refractivity contribution in [1.82, 2.24) is 9.55 Å². The number of H-pyrrole nitrogens is 1. The molecule has 2 aromatic heterocycles. The molecule has 0 fully saturated rings. The number of nitrogens with zero attached hydrogens (tertiary/aromatic N) is 1. The molecule has 0 saturated heterocycles. The van der Waals surface area contributed by atoms with Crippen LogP contribution < -0.4 is 5.56 Å². The van der Waals surface area contributed by atoms with Gasteiger partial charge >= 0.3 is 0 Å². The van der Waals surface area contributed by atoms with E-state index < -0.39 is 0 Å². The van der Waals surface area contributed by atoms with E-state index in [1.165, 1.54) is 18.3 Å². The van der Waals surface area contributed by atoms with Crippen molar-refractivity contribution in [3.05, 3.63) is 25.6 Å². The number of thiophene rings is 1. The molecule has 2 aromatic rings. The third kappa shape index (κ3) is 1.45. The lowest BCUT2D eigenvalue weighted by atomic mass is 10.2. The molecule has 0 saturated carbocycles. The zero-order chi connectivity index (χ0) is 12.0. The molecule has 0 unspecified atom stereocenters. The fourth-order valence-corrected chi connectivity index (χ4v) is 3.05. The van der Waals surface area contributed by atoms with Crippen molar-refractivity contribution >= 4 is 39.7 Å². The first-order valence-corrected chi connectivity index (χ1v) is 5.92. The number of rotatable bonds is 0. The van der Waals surface area contributed by atoms with Gasteiger partial charge < -0.3 is 4.98 Å². The molecule has 0 atom stereocenters. The van der Waals surface area contributed by atoms with Gasteiger partial charge in [-0.2, -0.15) is 0 Å². The number of hydrogen-bond donors (Lipinski definition) is 1. The van der Waals surface area contributed by atoms with Crippen LogP contribution in [0.4, 0.5) is 0 Å². The molecule has 0 aliphatic rings. The Labute approximate surface area is 101 Å². The maximum Gasteiger partial charge on any atom is 0.270 e. The summed E-state index contributed by atoms with van der Waals surface area (Å²) in [6, 6.07) is 0. The first-order valence-electron chi connectivity index (χ1n) is 4.69. The minimum absolute atomic E-state index is 0.159. The molecule has 0 bridgehead atoms. The number of carbonyl (C=O) groups is 1. The number of aromatic amines is 1. The fraction of sp³-hybridized carbons (Fsp3) is 0.300. The lowest BCUT2D eigenvalue weighted by Crippen LogP contribution is -2.26. The van der Waals surface area contributed by atoms with Gasteiger partial charge in [-0.3, -0.25) is 9.59 Å². The molecule has 16 heavy (non-hydrogen) atoms. The van der Waals surface area contributed by atoms with Gasteiger partial charge in [-0.1, -0.05) is 0 Å². The van der Waals surface area contributed by atoms with Gasteiger partial charge in [0, 0.05) is 11.8 Å². The van der Waals surface area contributed by atoms with Gasteiger partial charge in [-0.25, -0.2) is 4.57 Å². The van der Waals surface area contributed by atoms with E-state index in [1.54, 1.807) is 0 Å². The van der Waals surface area contributed by atoms with Crippen molar-refractivity contribution in [2.24, 2.45) is 0 Å². The third-order valence-electron chi connectivity index (χ3n) is 2.54. The topological polar surface area (TPSA) is 54.9 Å². The van der Waals surface area contributed by atoms with Crippen LogP contribution in [0.3, 0.4) is 0 Å². The first-order chi connectivity index (χ1) is 7.43. The number of nitrogens with one attached hydrogen (secondary N) is 1. The van der Waals surface area contributed by atoms with Gasteiger partial charge in [-0.05, 0) is 31.6 Å². The second kappa shape index (κ2) is 3.64. The highest BCUT2D eigenvalue weighted by Crippen LogP contribution is 2.25. The number of hydrogen-bond acceptors (Lipinski definition) is 4. The van der Waals surface area contributed by atoms with Gasteiger partial charge in [0.2, 0.25) is 5.91 Å². The Morgan fingerprint density at radius 1 is 1.44 bits per heavy atom. The van der Waals surface area contributed by atoms with E-state index in [9.17, 15) is 9.59 Å². The molecule has 0 aliphatic heterocycles. The average molecular weight is 254 g/mol. The number of aromatic nitrogens is 2. The SMILES string of the molecule is CC(=O)n1c(=S)[nH]c2sc(C)c(C)c2c1=O. The van der Waals surface area contributed by atoms with Crippen LogP contribution in [0.2, 0.25) is 0 Å². The highest BCUT2D eigenvalue weighted by molar-refractivity contribution is 7.71. The molecule has 4 nitrogen and oxygen atoms in total. The molecule has 0 spiro atoms. The summed E-state index contributed by atoms with van der Waals surface area (Å²) in [7, 11) is 0. The fourth-order valence-electron chi connectivity index (χ4n) is 1.62. The smallest absolute Gasteiger partial charge is 0.270 e. The van der Waals surface area contributed by atoms with Crippen LogP contribution in [0.5, 0.6) is 0 Å². The average Bonchev–Trinajstić information content (AvgIpc) is 2.41. The van der Waals surface area contributed by atoms with Crippen LogP contribution in [0.1, 0.15) is 22.2 Å². The summed E-state index contributed by atoms with van der Waals surface area (Å²) in [5.41, 5.74) is 0.583. The highest BCUT2D eigenvalue weighted by atomic mass is 32.1. The monoisotopic (exact) mass is 254 g/mol. The minimum Gasteiger partial charge on any atom is -0.323 e. The van der Waals surface area contributed by atoms with Gasteiger partial charge in [-0.15, -0.1) is 11.3 Å². The molecule has 84 valence electrons. The Bertz CT molecular complexity index is 706. The maximum atomic E-state index is 12.1. The van der Waals surface area contributed by atoms with Crippen molar-refractivity contribution in [2.45, 2.75) is 20.8 Å². The predicted octanol–water partition coefficient (Wildman–Crippen LogP) is 2.40. The van der Waals surface area contributed by atoms with Crippen molar-refractivity contribution in [1.29, 1.82) is 0 Å². The quantitative estimate of drug-likeness (QED) is 0.734. The van der Waals surface area contributed by atoms with E-state index in [-0.39, 0.29) is 16.2 Å². The lowest BCUT2D eigenvalue weighted by molar-refractivity contribution is 0.0930. The summed E-state index contributed by atoms with van der Waals surface area (Å²) in [6.07, 6.45) is 0. The number of aryl methyl sites for hydroxylation is 2. The number of fused-ring (bicyclic) bond motifs is 1. The third-order valence-corrected chi connectivity index (χ3v) is 3.95. The molecular weight excluding hydrogens is 244 g/mol. The summed E-state index contributed by atoms with van der Waals surface area (Å²) >= 11 is 6.47. The zero-order valence-electron chi connectivity index (χ0n) is 9.08. The lowest BCUT2D eigenvalue weighted by Gasteiger charge is -2.01. The first kappa shape index (κ1) is 11.2. The van der Waals surface area contributed by atoms with E-state index in [1.807, 2.05) is 13.8 Å². The van der Waals surface area contributed by atoms with Crippen molar-refractivity contribution < 1.29 is 4.79 Å². The standard InChI is InChI=1S/C10H10N2O2S2/c1-4-5(2)16-8-7(4)9(14)12(6(3)13)10(15)11-8/h1-3H3,(H,11,15). The maximum absolute atomic E-state index is 12.1. The Morgan fingerprint density at radius 3 is 2.62 bits per heavy atom. The van der Waals surface area contributed by atoms with Crippen LogP contribution in [-0.2, 0) is 0 Å². The van der Waals surface area contributed by atoms with Gasteiger partial charge in [0.1, 0.15) is 4.83 Å². The van der Waals surface area contributed by atoms with Crippen molar-refractivity contribution in [3.63, 3.8) is 0 Å². The molecule has 0 aromatic carbocycles. The van der Waals surface area contributed by atoms with Gasteiger partial charge in [0.05, 0.1) is 5.39 Å². The molecular formula is C10H10N2O2S2. The van der Waals surface area contributed by atoms with E-state index in [2.05, 4.69) is 4.98 Å². The van der Waals surface area contributed by atoms with Gasteiger partial charge in [0.25, 0.3) is 5.56 Å². The molecule has 6 heteroatoms. The predicted molar refractivity (Wildman–Crippen MR) is 67.0 cm³/mol. The molecule has 2 rings (SSSR count). The summed E-state index contributed by atoms with van der Waals surface area (Å²) in [5.74, 6) is -0.364. The molecule has 0 amide bonds. The van der Waals surface area contributed by atoms with E-state index in [4.69, 9.17) is 12.2 Å². The van der Waals surface area contributed by atoms with E-state index >= 15 is 0 Å². The Balaban J connectivity index is 3.09. The Hall–Kier alpha value is -1.27. The minimum atomic E-state index is -0.364.